The number of fused-ring (bicyclic) bond motifs is 1. The fourth-order valence-electron chi connectivity index (χ4n) is 5.58. The molecule has 1 fully saturated rings. The van der Waals surface area contributed by atoms with Crippen molar-refractivity contribution in [1.82, 2.24) is 24.4 Å². The fraction of sp³-hybridized carbons (Fsp3) is 0.367. The van der Waals surface area contributed by atoms with Crippen molar-refractivity contribution in [2.45, 2.75) is 51.4 Å². The van der Waals surface area contributed by atoms with Gasteiger partial charge in [-0.2, -0.15) is 13.2 Å². The van der Waals surface area contributed by atoms with E-state index in [-0.39, 0.29) is 41.8 Å². The molecule has 15 heteroatoms. The molecule has 4 aromatic rings. The second-order valence-electron chi connectivity index (χ2n) is 10.7. The van der Waals surface area contributed by atoms with Crippen LogP contribution < -0.4 is 15.7 Å². The Morgan fingerprint density at radius 2 is 1.78 bits per heavy atom. The number of halogens is 4. The van der Waals surface area contributed by atoms with Crippen molar-refractivity contribution in [3.8, 4) is 11.6 Å². The molecular formula is C30H29ClF3N5O6. The molecule has 1 saturated carbocycles. The summed E-state index contributed by atoms with van der Waals surface area (Å²) in [7, 11) is 0. The van der Waals surface area contributed by atoms with Crippen LogP contribution in [0.15, 0.2) is 53.6 Å². The average Bonchev–Trinajstić information content (AvgIpc) is 3.26. The van der Waals surface area contributed by atoms with E-state index in [0.29, 0.717) is 49.0 Å². The second-order valence-corrected chi connectivity index (χ2v) is 11.2. The van der Waals surface area contributed by atoms with Gasteiger partial charge in [-0.15, -0.1) is 0 Å². The third-order valence-electron chi connectivity index (χ3n) is 7.68. The molecule has 0 bridgehead atoms. The molecule has 1 aliphatic rings. The van der Waals surface area contributed by atoms with E-state index in [0.717, 1.165) is 17.8 Å². The summed E-state index contributed by atoms with van der Waals surface area (Å²) in [4.78, 5) is 44.7. The number of carbonyl (C=O) groups is 2. The fourth-order valence-corrected chi connectivity index (χ4v) is 5.74. The molecule has 0 saturated heterocycles. The Morgan fingerprint density at radius 1 is 1.07 bits per heavy atom. The highest BCUT2D eigenvalue weighted by molar-refractivity contribution is 6.30. The van der Waals surface area contributed by atoms with Crippen LogP contribution in [-0.2, 0) is 17.5 Å². The van der Waals surface area contributed by atoms with Crippen molar-refractivity contribution in [2.24, 2.45) is 5.92 Å². The number of nitrogens with one attached hydrogen (secondary N) is 1. The number of hydrogen-bond acceptors (Lipinski definition) is 7. The number of aryl methyl sites for hydroxylation is 1. The number of para-hydroxylation sites is 2. The lowest BCUT2D eigenvalue weighted by atomic mass is 9.85. The van der Waals surface area contributed by atoms with Crippen LogP contribution in [0.5, 0.6) is 5.88 Å². The zero-order valence-corrected chi connectivity index (χ0v) is 24.8. The Balaban J connectivity index is 1.28. The minimum Gasteiger partial charge on any atom is -0.474 e. The molecule has 3 heterocycles. The molecule has 0 radical (unpaired) electrons. The number of aromatic nitrogens is 4. The number of carboxylic acid groups (broad SMARTS) is 1. The van der Waals surface area contributed by atoms with Crippen molar-refractivity contribution in [2.75, 3.05) is 13.2 Å². The lowest BCUT2D eigenvalue weighted by Crippen LogP contribution is -2.39. The molecule has 45 heavy (non-hydrogen) atoms. The van der Waals surface area contributed by atoms with E-state index in [9.17, 15) is 27.6 Å². The van der Waals surface area contributed by atoms with E-state index < -0.39 is 29.5 Å². The van der Waals surface area contributed by atoms with Crippen molar-refractivity contribution < 1.29 is 37.3 Å². The van der Waals surface area contributed by atoms with Gasteiger partial charge in [-0.05, 0) is 62.3 Å². The maximum Gasteiger partial charge on any atom is 0.505 e. The van der Waals surface area contributed by atoms with Crippen LogP contribution in [-0.4, -0.2) is 55.5 Å². The van der Waals surface area contributed by atoms with Gasteiger partial charge in [0.05, 0.1) is 33.5 Å². The number of alkyl halides is 3. The summed E-state index contributed by atoms with van der Waals surface area (Å²) in [6.07, 6.45) is -1.47. The first kappa shape index (κ1) is 31.8. The van der Waals surface area contributed by atoms with Crippen LogP contribution >= 0.6 is 11.6 Å². The minimum absolute atomic E-state index is 0.0182. The van der Waals surface area contributed by atoms with E-state index in [1.54, 1.807) is 15.2 Å². The number of pyridine rings is 2. The van der Waals surface area contributed by atoms with Crippen LogP contribution in [0.2, 0.25) is 5.02 Å². The van der Waals surface area contributed by atoms with Gasteiger partial charge in [-0.3, -0.25) is 13.9 Å². The van der Waals surface area contributed by atoms with Gasteiger partial charge in [0.2, 0.25) is 5.88 Å². The quantitative estimate of drug-likeness (QED) is 0.176. The average molecular weight is 648 g/mol. The smallest absolute Gasteiger partial charge is 0.474 e. The molecule has 0 atom stereocenters. The summed E-state index contributed by atoms with van der Waals surface area (Å²) >= 11 is 5.82. The summed E-state index contributed by atoms with van der Waals surface area (Å²) in [5, 5.41) is 11.2. The van der Waals surface area contributed by atoms with Gasteiger partial charge in [0.25, 0.3) is 5.91 Å². The summed E-state index contributed by atoms with van der Waals surface area (Å²) in [5.74, 6) is -0.530. The predicted molar refractivity (Wildman–Crippen MR) is 157 cm³/mol. The lowest BCUT2D eigenvalue weighted by molar-refractivity contribution is -0.141. The van der Waals surface area contributed by atoms with Crippen LogP contribution in [0, 0.1) is 12.8 Å². The monoisotopic (exact) mass is 647 g/mol. The zero-order valence-electron chi connectivity index (χ0n) is 24.0. The van der Waals surface area contributed by atoms with Crippen LogP contribution in [0.4, 0.5) is 18.0 Å². The maximum atomic E-state index is 13.8. The van der Waals surface area contributed by atoms with Crippen molar-refractivity contribution >= 4 is 34.7 Å². The van der Waals surface area contributed by atoms with Crippen LogP contribution in [0.3, 0.4) is 0 Å². The first-order chi connectivity index (χ1) is 21.4. The zero-order chi connectivity index (χ0) is 32.3. The van der Waals surface area contributed by atoms with Gasteiger partial charge < -0.3 is 19.9 Å². The minimum atomic E-state index is -4.80. The number of ether oxygens (including phenoxy) is 2. The standard InChI is InChI=1S/C30H29ClF3N5O6/c1-17-12-25(44-10-11-45-29(42)43)35-15-24(17)39-23-5-3-2-4-22(23)38(28(39)41)16-18-6-8-20(9-7-18)37-27(40)21-13-19(31)14-36-26(21)30(32,33)34/h2-5,12-15,18,20H,6-11,16H2,1H3,(H,37,40)(H,42,43). The third kappa shape index (κ3) is 7.22. The van der Waals surface area contributed by atoms with E-state index in [2.05, 4.69) is 20.0 Å². The van der Waals surface area contributed by atoms with Gasteiger partial charge in [-0.25, -0.2) is 19.6 Å². The Bertz CT molecular complexity index is 1780. The van der Waals surface area contributed by atoms with E-state index >= 15 is 0 Å². The topological polar surface area (TPSA) is 138 Å². The summed E-state index contributed by atoms with van der Waals surface area (Å²) in [6, 6.07) is 9.66. The van der Waals surface area contributed by atoms with E-state index in [4.69, 9.17) is 21.4 Å². The highest BCUT2D eigenvalue weighted by atomic mass is 35.5. The van der Waals surface area contributed by atoms with Crippen LogP contribution in [0.25, 0.3) is 16.7 Å². The van der Waals surface area contributed by atoms with Crippen molar-refractivity contribution in [3.63, 3.8) is 0 Å². The molecule has 0 aliphatic heterocycles. The molecule has 0 spiro atoms. The number of hydrogen-bond donors (Lipinski definition) is 2. The Kier molecular flexibility index (Phi) is 9.32. The Morgan fingerprint density at radius 3 is 2.44 bits per heavy atom. The summed E-state index contributed by atoms with van der Waals surface area (Å²) < 4.78 is 53.4. The number of carbonyl (C=O) groups excluding carboxylic acids is 1. The Labute approximate surface area is 259 Å². The molecule has 238 valence electrons. The number of benzene rings is 1. The number of imidazole rings is 1. The van der Waals surface area contributed by atoms with E-state index in [1.165, 1.54) is 6.20 Å². The van der Waals surface area contributed by atoms with Crippen molar-refractivity contribution in [3.05, 3.63) is 81.1 Å². The van der Waals surface area contributed by atoms with E-state index in [1.807, 2.05) is 31.2 Å². The predicted octanol–water partition coefficient (Wildman–Crippen LogP) is 5.63. The molecule has 5 rings (SSSR count). The molecule has 0 unspecified atom stereocenters. The molecule has 11 nitrogen and oxygen atoms in total. The van der Waals surface area contributed by atoms with Gasteiger partial charge in [-0.1, -0.05) is 23.7 Å². The largest absolute Gasteiger partial charge is 0.505 e. The second kappa shape index (κ2) is 13.2. The van der Waals surface area contributed by atoms with Gasteiger partial charge in [0.1, 0.15) is 13.2 Å². The molecule has 3 aromatic heterocycles. The summed E-state index contributed by atoms with van der Waals surface area (Å²) in [5.41, 5.74) is 0.533. The highest BCUT2D eigenvalue weighted by Crippen LogP contribution is 2.32. The first-order valence-corrected chi connectivity index (χ1v) is 14.5. The highest BCUT2D eigenvalue weighted by Gasteiger charge is 2.38. The Hall–Kier alpha value is -4.59. The third-order valence-corrected chi connectivity index (χ3v) is 7.89. The summed E-state index contributed by atoms with van der Waals surface area (Å²) in [6.45, 7) is 2.05. The SMILES string of the molecule is Cc1cc(OCCOC(=O)O)ncc1-n1c(=O)n(CC2CCC(NC(=O)c3cc(Cl)cnc3C(F)(F)F)CC2)c2ccccc21. The van der Waals surface area contributed by atoms with Gasteiger partial charge >= 0.3 is 18.0 Å². The molecule has 2 N–H and O–H groups in total. The molecular weight excluding hydrogens is 619 g/mol. The number of amides is 1. The van der Waals surface area contributed by atoms with Crippen molar-refractivity contribution in [1.29, 1.82) is 0 Å². The number of rotatable bonds is 9. The lowest BCUT2D eigenvalue weighted by Gasteiger charge is -2.29. The van der Waals surface area contributed by atoms with Gasteiger partial charge in [0.15, 0.2) is 5.69 Å². The van der Waals surface area contributed by atoms with Crippen LogP contribution in [0.1, 0.15) is 47.3 Å². The first-order valence-electron chi connectivity index (χ1n) is 14.1. The molecule has 1 amide bonds. The van der Waals surface area contributed by atoms with Gasteiger partial charge in [0, 0.05) is 24.8 Å². The molecule has 1 aliphatic carbocycles. The maximum absolute atomic E-state index is 13.8. The normalized spacial score (nSPS) is 16.8. The number of nitrogens with zero attached hydrogens (tertiary/aromatic N) is 4. The molecule has 1 aromatic carbocycles.